The minimum atomic E-state index is 0.132. The Morgan fingerprint density at radius 2 is 2.12 bits per heavy atom. The fraction of sp³-hybridized carbons (Fsp3) is 0.476. The monoisotopic (exact) mass is 356 g/mol. The Bertz CT molecular complexity index is 766. The van der Waals surface area contributed by atoms with E-state index in [1.54, 1.807) is 7.11 Å². The number of benzene rings is 1. The summed E-state index contributed by atoms with van der Waals surface area (Å²) < 4.78 is 11.0. The molecule has 0 saturated heterocycles. The van der Waals surface area contributed by atoms with Gasteiger partial charge in [-0.25, -0.2) is 0 Å². The van der Waals surface area contributed by atoms with Gasteiger partial charge in [-0.15, -0.1) is 0 Å². The first-order valence-corrected chi connectivity index (χ1v) is 9.24. The summed E-state index contributed by atoms with van der Waals surface area (Å²) in [4.78, 5) is 17.1. The number of ether oxygens (including phenoxy) is 1. The third-order valence-corrected chi connectivity index (χ3v) is 4.93. The minimum absolute atomic E-state index is 0.132. The first kappa shape index (κ1) is 18.5. The van der Waals surface area contributed by atoms with Crippen molar-refractivity contribution in [1.82, 2.24) is 4.90 Å². The van der Waals surface area contributed by atoms with Crippen molar-refractivity contribution >= 4 is 11.6 Å². The lowest BCUT2D eigenvalue weighted by molar-refractivity contribution is -0.120. The quantitative estimate of drug-likeness (QED) is 0.790. The van der Waals surface area contributed by atoms with E-state index in [-0.39, 0.29) is 11.9 Å². The van der Waals surface area contributed by atoms with E-state index in [4.69, 9.17) is 9.15 Å². The van der Waals surface area contributed by atoms with Crippen molar-refractivity contribution in [2.75, 3.05) is 25.1 Å². The Hall–Kier alpha value is -2.27. The maximum absolute atomic E-state index is 13.0. The Kier molecular flexibility index (Phi) is 5.67. The smallest absolute Gasteiger partial charge is 0.241 e. The summed E-state index contributed by atoms with van der Waals surface area (Å²) in [5.74, 6) is 2.77. The van der Waals surface area contributed by atoms with E-state index >= 15 is 0 Å². The van der Waals surface area contributed by atoms with Crippen LogP contribution in [0.5, 0.6) is 5.75 Å². The molecule has 0 radical (unpaired) electrons. The molecule has 3 rings (SSSR count). The van der Waals surface area contributed by atoms with E-state index in [2.05, 4.69) is 18.7 Å². The minimum Gasteiger partial charge on any atom is -0.497 e. The van der Waals surface area contributed by atoms with Gasteiger partial charge in [-0.3, -0.25) is 9.69 Å². The van der Waals surface area contributed by atoms with Crippen LogP contribution in [-0.4, -0.2) is 37.0 Å². The molecule has 140 valence electrons. The van der Waals surface area contributed by atoms with Crippen LogP contribution in [0.1, 0.15) is 37.4 Å². The van der Waals surface area contributed by atoms with Gasteiger partial charge in [0.05, 0.1) is 20.2 Å². The maximum atomic E-state index is 13.0. The first-order chi connectivity index (χ1) is 12.5. The molecule has 0 N–H and O–H groups in total. The molecular formula is C21H28N2O3. The van der Waals surface area contributed by atoms with Crippen LogP contribution in [0.4, 0.5) is 5.69 Å². The number of carbonyl (C=O) groups excluding carboxylic acids is 1. The largest absolute Gasteiger partial charge is 0.497 e. The number of furan rings is 1. The van der Waals surface area contributed by atoms with Gasteiger partial charge in [-0.05, 0) is 69.5 Å². The van der Waals surface area contributed by atoms with E-state index in [0.29, 0.717) is 13.1 Å². The van der Waals surface area contributed by atoms with Gasteiger partial charge in [0.1, 0.15) is 17.3 Å². The zero-order chi connectivity index (χ0) is 18.7. The number of anilines is 1. The topological polar surface area (TPSA) is 45.9 Å². The van der Waals surface area contributed by atoms with Gasteiger partial charge in [-0.2, -0.15) is 0 Å². The normalized spacial score (nSPS) is 14.0. The van der Waals surface area contributed by atoms with Gasteiger partial charge in [-0.1, -0.05) is 0 Å². The lowest BCUT2D eigenvalue weighted by Gasteiger charge is -2.33. The second kappa shape index (κ2) is 7.96. The fourth-order valence-corrected chi connectivity index (χ4v) is 3.41. The summed E-state index contributed by atoms with van der Waals surface area (Å²) >= 11 is 0. The highest BCUT2D eigenvalue weighted by Gasteiger charge is 2.25. The molecule has 1 aliphatic rings. The molecule has 1 aliphatic heterocycles. The predicted octanol–water partition coefficient (Wildman–Crippen LogP) is 3.79. The number of aryl methyl sites for hydroxylation is 2. The number of nitrogens with zero attached hydrogens (tertiary/aromatic N) is 2. The molecule has 0 spiro atoms. The van der Waals surface area contributed by atoms with Gasteiger partial charge >= 0.3 is 0 Å². The number of carbonyl (C=O) groups is 1. The van der Waals surface area contributed by atoms with Crippen molar-refractivity contribution in [3.05, 3.63) is 47.4 Å². The molecule has 2 heterocycles. The zero-order valence-corrected chi connectivity index (χ0v) is 16.1. The highest BCUT2D eigenvalue weighted by molar-refractivity contribution is 5.96. The number of rotatable bonds is 6. The molecule has 0 unspecified atom stereocenters. The second-order valence-electron chi connectivity index (χ2n) is 7.15. The molecule has 0 bridgehead atoms. The number of hydrogen-bond donors (Lipinski definition) is 0. The molecule has 5 heteroatoms. The maximum Gasteiger partial charge on any atom is 0.241 e. The molecule has 1 aromatic heterocycles. The van der Waals surface area contributed by atoms with Crippen LogP contribution >= 0.6 is 0 Å². The third kappa shape index (κ3) is 4.10. The van der Waals surface area contributed by atoms with Crippen molar-refractivity contribution in [3.8, 4) is 5.75 Å². The molecule has 1 aromatic carbocycles. The Labute approximate surface area is 155 Å². The second-order valence-corrected chi connectivity index (χ2v) is 7.15. The first-order valence-electron chi connectivity index (χ1n) is 9.24. The number of amides is 1. The summed E-state index contributed by atoms with van der Waals surface area (Å²) in [6.07, 6.45) is 1.96. The van der Waals surface area contributed by atoms with Crippen LogP contribution < -0.4 is 9.64 Å². The summed E-state index contributed by atoms with van der Waals surface area (Å²) in [6, 6.07) is 10.2. The van der Waals surface area contributed by atoms with Crippen LogP contribution in [0.25, 0.3) is 0 Å². The van der Waals surface area contributed by atoms with E-state index in [1.807, 2.05) is 42.2 Å². The van der Waals surface area contributed by atoms with Gasteiger partial charge in [0.15, 0.2) is 0 Å². The highest BCUT2D eigenvalue weighted by Crippen LogP contribution is 2.30. The SMILES string of the molecule is COc1ccc2c(c1)CCCN2C(=O)CN(Cc1ccc(C)o1)C(C)C. The molecule has 0 saturated carbocycles. The van der Waals surface area contributed by atoms with E-state index in [9.17, 15) is 4.79 Å². The fourth-order valence-electron chi connectivity index (χ4n) is 3.41. The van der Waals surface area contributed by atoms with Crippen molar-refractivity contribution < 1.29 is 13.9 Å². The average Bonchev–Trinajstić information content (AvgIpc) is 3.04. The summed E-state index contributed by atoms with van der Waals surface area (Å²) in [5, 5.41) is 0. The number of methoxy groups -OCH3 is 1. The Morgan fingerprint density at radius 3 is 2.77 bits per heavy atom. The predicted molar refractivity (Wildman–Crippen MR) is 103 cm³/mol. The van der Waals surface area contributed by atoms with Gasteiger partial charge in [0.25, 0.3) is 0 Å². The summed E-state index contributed by atoms with van der Waals surface area (Å²) in [5.41, 5.74) is 2.20. The summed E-state index contributed by atoms with van der Waals surface area (Å²) in [7, 11) is 1.67. The van der Waals surface area contributed by atoms with E-state index < -0.39 is 0 Å². The third-order valence-electron chi connectivity index (χ3n) is 4.93. The molecule has 26 heavy (non-hydrogen) atoms. The molecule has 0 fully saturated rings. The van der Waals surface area contributed by atoms with Gasteiger partial charge < -0.3 is 14.1 Å². The number of hydrogen-bond acceptors (Lipinski definition) is 4. The molecule has 0 atom stereocenters. The molecule has 5 nitrogen and oxygen atoms in total. The molecular weight excluding hydrogens is 328 g/mol. The number of fused-ring (bicyclic) bond motifs is 1. The standard InChI is InChI=1S/C21H28N2O3/c1-15(2)22(13-19-8-7-16(3)26-19)14-21(24)23-11-5-6-17-12-18(25-4)9-10-20(17)23/h7-10,12,15H,5-6,11,13-14H2,1-4H3. The lowest BCUT2D eigenvalue weighted by Crippen LogP contribution is -2.44. The van der Waals surface area contributed by atoms with E-state index in [1.165, 1.54) is 5.56 Å². The molecule has 2 aromatic rings. The van der Waals surface area contributed by atoms with Crippen molar-refractivity contribution in [2.45, 2.75) is 46.2 Å². The average molecular weight is 356 g/mol. The van der Waals surface area contributed by atoms with Gasteiger partial charge in [0, 0.05) is 18.3 Å². The van der Waals surface area contributed by atoms with E-state index in [0.717, 1.165) is 42.3 Å². The van der Waals surface area contributed by atoms with Crippen molar-refractivity contribution in [3.63, 3.8) is 0 Å². The summed E-state index contributed by atoms with van der Waals surface area (Å²) in [6.45, 7) is 7.94. The molecule has 1 amide bonds. The van der Waals surface area contributed by atoms with Crippen molar-refractivity contribution in [2.24, 2.45) is 0 Å². The van der Waals surface area contributed by atoms with Crippen LogP contribution in [0.15, 0.2) is 34.7 Å². The van der Waals surface area contributed by atoms with Crippen LogP contribution in [0.3, 0.4) is 0 Å². The van der Waals surface area contributed by atoms with Crippen LogP contribution in [0.2, 0.25) is 0 Å². The van der Waals surface area contributed by atoms with Crippen molar-refractivity contribution in [1.29, 1.82) is 0 Å². The Morgan fingerprint density at radius 1 is 1.31 bits per heavy atom. The van der Waals surface area contributed by atoms with Crippen LogP contribution in [0, 0.1) is 6.92 Å². The zero-order valence-electron chi connectivity index (χ0n) is 16.1. The van der Waals surface area contributed by atoms with Gasteiger partial charge in [0.2, 0.25) is 5.91 Å². The highest BCUT2D eigenvalue weighted by atomic mass is 16.5. The molecule has 0 aliphatic carbocycles. The lowest BCUT2D eigenvalue weighted by atomic mass is 10.0. The Balaban J connectivity index is 1.74. The van der Waals surface area contributed by atoms with Crippen LogP contribution in [-0.2, 0) is 17.8 Å².